The standard InChI is InChI=1S/C17H25N3/c1-13-8-6-7-9-16(13)14(2)18-10-15-11-19-20(12-15)17(3,4)5/h6-9,11-12,14,18H,10H2,1-5H3/t14-/m1/s1. The van der Waals surface area contributed by atoms with Crippen LogP contribution in [0, 0.1) is 6.92 Å². The van der Waals surface area contributed by atoms with E-state index in [1.165, 1.54) is 16.7 Å². The fraction of sp³-hybridized carbons (Fsp3) is 0.471. The Balaban J connectivity index is 1.99. The van der Waals surface area contributed by atoms with Crippen LogP contribution in [0.3, 0.4) is 0 Å². The molecule has 20 heavy (non-hydrogen) atoms. The predicted octanol–water partition coefficient (Wildman–Crippen LogP) is 3.80. The van der Waals surface area contributed by atoms with E-state index in [0.29, 0.717) is 6.04 Å². The summed E-state index contributed by atoms with van der Waals surface area (Å²) in [6.07, 6.45) is 4.07. The first-order valence-electron chi connectivity index (χ1n) is 7.21. The van der Waals surface area contributed by atoms with Gasteiger partial charge in [-0.05, 0) is 45.7 Å². The maximum absolute atomic E-state index is 4.43. The Hall–Kier alpha value is -1.61. The first kappa shape index (κ1) is 14.8. The summed E-state index contributed by atoms with van der Waals surface area (Å²) >= 11 is 0. The minimum absolute atomic E-state index is 0.0416. The molecule has 0 bridgehead atoms. The molecule has 2 aromatic rings. The molecule has 0 saturated heterocycles. The van der Waals surface area contributed by atoms with Gasteiger partial charge in [-0.1, -0.05) is 24.3 Å². The quantitative estimate of drug-likeness (QED) is 0.916. The van der Waals surface area contributed by atoms with Gasteiger partial charge in [0, 0.05) is 24.3 Å². The fourth-order valence-corrected chi connectivity index (χ4v) is 2.27. The number of nitrogens with one attached hydrogen (secondary N) is 1. The van der Waals surface area contributed by atoms with Gasteiger partial charge in [-0.3, -0.25) is 4.68 Å². The summed E-state index contributed by atoms with van der Waals surface area (Å²) in [7, 11) is 0. The second kappa shape index (κ2) is 5.80. The summed E-state index contributed by atoms with van der Waals surface area (Å²) in [5.41, 5.74) is 3.95. The normalized spacial score (nSPS) is 13.4. The fourth-order valence-electron chi connectivity index (χ4n) is 2.27. The Labute approximate surface area is 122 Å². The van der Waals surface area contributed by atoms with Crippen molar-refractivity contribution in [3.63, 3.8) is 0 Å². The number of benzene rings is 1. The topological polar surface area (TPSA) is 29.9 Å². The Morgan fingerprint density at radius 2 is 1.95 bits per heavy atom. The largest absolute Gasteiger partial charge is 0.306 e. The third kappa shape index (κ3) is 3.48. The highest BCUT2D eigenvalue weighted by Crippen LogP contribution is 2.18. The van der Waals surface area contributed by atoms with Crippen LogP contribution in [0.5, 0.6) is 0 Å². The van der Waals surface area contributed by atoms with Crippen LogP contribution in [0.25, 0.3) is 0 Å². The molecule has 2 rings (SSSR count). The SMILES string of the molecule is Cc1ccccc1[C@@H](C)NCc1cnn(C(C)(C)C)c1. The zero-order chi connectivity index (χ0) is 14.8. The molecule has 0 aliphatic heterocycles. The summed E-state index contributed by atoms with van der Waals surface area (Å²) in [6.45, 7) is 11.7. The molecule has 0 saturated carbocycles. The first-order valence-corrected chi connectivity index (χ1v) is 7.21. The van der Waals surface area contributed by atoms with Crippen LogP contribution in [0.15, 0.2) is 36.7 Å². The minimum atomic E-state index is 0.0416. The van der Waals surface area contributed by atoms with Gasteiger partial charge in [0.2, 0.25) is 0 Å². The molecule has 1 atom stereocenters. The number of aryl methyl sites for hydroxylation is 1. The van der Waals surface area contributed by atoms with Crippen molar-refractivity contribution in [3.05, 3.63) is 53.3 Å². The zero-order valence-electron chi connectivity index (χ0n) is 13.1. The van der Waals surface area contributed by atoms with Crippen molar-refractivity contribution in [2.24, 2.45) is 0 Å². The third-order valence-electron chi connectivity index (χ3n) is 3.59. The molecular weight excluding hydrogens is 246 g/mol. The van der Waals surface area contributed by atoms with E-state index in [9.17, 15) is 0 Å². The summed E-state index contributed by atoms with van der Waals surface area (Å²) < 4.78 is 2.02. The van der Waals surface area contributed by atoms with E-state index in [1.54, 1.807) is 0 Å². The van der Waals surface area contributed by atoms with Gasteiger partial charge in [0.1, 0.15) is 0 Å². The van der Waals surface area contributed by atoms with E-state index in [4.69, 9.17) is 0 Å². The molecule has 3 nitrogen and oxygen atoms in total. The molecule has 0 spiro atoms. The van der Waals surface area contributed by atoms with Gasteiger partial charge in [-0.25, -0.2) is 0 Å². The second-order valence-electron chi connectivity index (χ2n) is 6.42. The molecule has 108 valence electrons. The van der Waals surface area contributed by atoms with Crippen molar-refractivity contribution in [3.8, 4) is 0 Å². The average molecular weight is 271 g/mol. The lowest BCUT2D eigenvalue weighted by molar-refractivity contribution is 0.355. The van der Waals surface area contributed by atoms with Crippen molar-refractivity contribution in [1.29, 1.82) is 0 Å². The zero-order valence-corrected chi connectivity index (χ0v) is 13.1. The molecule has 0 radical (unpaired) electrons. The predicted molar refractivity (Wildman–Crippen MR) is 83.7 cm³/mol. The van der Waals surface area contributed by atoms with Crippen LogP contribution in [0.1, 0.15) is 50.4 Å². The third-order valence-corrected chi connectivity index (χ3v) is 3.59. The molecule has 0 fully saturated rings. The molecule has 1 heterocycles. The molecular formula is C17H25N3. The van der Waals surface area contributed by atoms with Gasteiger partial charge in [0.05, 0.1) is 11.7 Å². The molecule has 1 aromatic carbocycles. The summed E-state index contributed by atoms with van der Waals surface area (Å²) in [5, 5.41) is 8.00. The van der Waals surface area contributed by atoms with Crippen LogP contribution in [-0.4, -0.2) is 9.78 Å². The molecule has 0 unspecified atom stereocenters. The van der Waals surface area contributed by atoms with E-state index < -0.39 is 0 Å². The lowest BCUT2D eigenvalue weighted by atomic mass is 10.0. The van der Waals surface area contributed by atoms with Gasteiger partial charge < -0.3 is 5.32 Å². The maximum atomic E-state index is 4.43. The highest BCUT2D eigenvalue weighted by atomic mass is 15.3. The van der Waals surface area contributed by atoms with E-state index >= 15 is 0 Å². The smallest absolute Gasteiger partial charge is 0.0543 e. The Morgan fingerprint density at radius 3 is 2.55 bits per heavy atom. The first-order chi connectivity index (χ1) is 9.38. The highest BCUT2D eigenvalue weighted by molar-refractivity contribution is 5.28. The lowest BCUT2D eigenvalue weighted by Crippen LogP contribution is -2.22. The number of hydrogen-bond donors (Lipinski definition) is 1. The van der Waals surface area contributed by atoms with E-state index in [-0.39, 0.29) is 5.54 Å². The number of aromatic nitrogens is 2. The molecule has 0 aliphatic carbocycles. The van der Waals surface area contributed by atoms with E-state index in [2.05, 4.69) is 75.5 Å². The number of hydrogen-bond acceptors (Lipinski definition) is 2. The Bertz CT molecular complexity index is 564. The van der Waals surface area contributed by atoms with Crippen LogP contribution in [0.4, 0.5) is 0 Å². The van der Waals surface area contributed by atoms with Gasteiger partial charge in [0.25, 0.3) is 0 Å². The summed E-state index contributed by atoms with van der Waals surface area (Å²) in [4.78, 5) is 0. The van der Waals surface area contributed by atoms with Crippen molar-refractivity contribution >= 4 is 0 Å². The lowest BCUT2D eigenvalue weighted by Gasteiger charge is -2.19. The second-order valence-corrected chi connectivity index (χ2v) is 6.42. The molecule has 0 amide bonds. The number of nitrogens with zero attached hydrogens (tertiary/aromatic N) is 2. The van der Waals surface area contributed by atoms with Gasteiger partial charge in [0.15, 0.2) is 0 Å². The van der Waals surface area contributed by atoms with Crippen molar-refractivity contribution in [1.82, 2.24) is 15.1 Å². The van der Waals surface area contributed by atoms with Crippen LogP contribution in [-0.2, 0) is 12.1 Å². The minimum Gasteiger partial charge on any atom is -0.306 e. The highest BCUT2D eigenvalue weighted by Gasteiger charge is 2.14. The Kier molecular flexibility index (Phi) is 4.29. The summed E-state index contributed by atoms with van der Waals surface area (Å²) in [6, 6.07) is 8.86. The molecule has 0 aliphatic rings. The van der Waals surface area contributed by atoms with E-state index in [0.717, 1.165) is 6.54 Å². The van der Waals surface area contributed by atoms with Crippen molar-refractivity contribution < 1.29 is 0 Å². The van der Waals surface area contributed by atoms with E-state index in [1.807, 2.05) is 10.9 Å². The van der Waals surface area contributed by atoms with Crippen LogP contribution in [0.2, 0.25) is 0 Å². The average Bonchev–Trinajstić information content (AvgIpc) is 2.85. The van der Waals surface area contributed by atoms with Gasteiger partial charge >= 0.3 is 0 Å². The van der Waals surface area contributed by atoms with Crippen molar-refractivity contribution in [2.75, 3.05) is 0 Å². The van der Waals surface area contributed by atoms with Crippen molar-refractivity contribution in [2.45, 2.75) is 52.7 Å². The van der Waals surface area contributed by atoms with Crippen LogP contribution >= 0.6 is 0 Å². The van der Waals surface area contributed by atoms with Gasteiger partial charge in [-0.15, -0.1) is 0 Å². The molecule has 1 aromatic heterocycles. The van der Waals surface area contributed by atoms with Crippen LogP contribution < -0.4 is 5.32 Å². The summed E-state index contributed by atoms with van der Waals surface area (Å²) in [5.74, 6) is 0. The van der Waals surface area contributed by atoms with Gasteiger partial charge in [-0.2, -0.15) is 5.10 Å². The Morgan fingerprint density at radius 1 is 1.25 bits per heavy atom. The number of rotatable bonds is 4. The maximum Gasteiger partial charge on any atom is 0.0543 e. The molecule has 1 N–H and O–H groups in total. The molecule has 3 heteroatoms. The monoisotopic (exact) mass is 271 g/mol.